The van der Waals surface area contributed by atoms with Gasteiger partial charge in [0, 0.05) is 26.2 Å². The number of amides is 1. The average Bonchev–Trinajstić information content (AvgIpc) is 3.24. The Morgan fingerprint density at radius 1 is 0.923 bits per heavy atom. The summed E-state index contributed by atoms with van der Waals surface area (Å²) in [5, 5.41) is 12.5. The van der Waals surface area contributed by atoms with Crippen molar-refractivity contribution >= 4 is 11.7 Å². The summed E-state index contributed by atoms with van der Waals surface area (Å²) in [6.07, 6.45) is 3.50. The molecule has 0 unspecified atom stereocenters. The van der Waals surface area contributed by atoms with E-state index >= 15 is 0 Å². The fourth-order valence-electron chi connectivity index (χ4n) is 3.00. The Kier molecular flexibility index (Phi) is 4.55. The maximum atomic E-state index is 12.5. The van der Waals surface area contributed by atoms with E-state index in [2.05, 4.69) is 25.2 Å². The van der Waals surface area contributed by atoms with Crippen LogP contribution in [0.1, 0.15) is 5.56 Å². The molecule has 26 heavy (non-hydrogen) atoms. The number of carbonyl (C=O) groups is 1. The van der Waals surface area contributed by atoms with Crippen LogP contribution in [0.5, 0.6) is 0 Å². The molecule has 1 aliphatic heterocycles. The van der Waals surface area contributed by atoms with Gasteiger partial charge in [-0.3, -0.25) is 4.79 Å². The number of hydrogen-bond acceptors (Lipinski definition) is 6. The first kappa shape index (κ1) is 16.2. The van der Waals surface area contributed by atoms with E-state index in [1.165, 1.54) is 6.33 Å². The Labute approximate surface area is 151 Å². The SMILES string of the molecule is O=C(Cc1ccccc1)N1CCN(c2ccc(-n3cncn3)nn2)CC1. The summed E-state index contributed by atoms with van der Waals surface area (Å²) in [4.78, 5) is 20.4. The summed E-state index contributed by atoms with van der Waals surface area (Å²) < 4.78 is 1.57. The van der Waals surface area contributed by atoms with E-state index in [9.17, 15) is 4.79 Å². The van der Waals surface area contributed by atoms with E-state index in [1.807, 2.05) is 47.4 Å². The third kappa shape index (κ3) is 3.53. The highest BCUT2D eigenvalue weighted by molar-refractivity contribution is 5.79. The molecule has 0 N–H and O–H groups in total. The maximum Gasteiger partial charge on any atom is 0.227 e. The molecule has 1 amide bonds. The molecule has 132 valence electrons. The number of piperazine rings is 1. The summed E-state index contributed by atoms with van der Waals surface area (Å²) in [6.45, 7) is 2.88. The monoisotopic (exact) mass is 349 g/mol. The van der Waals surface area contributed by atoms with Gasteiger partial charge in [0.2, 0.25) is 5.91 Å². The van der Waals surface area contributed by atoms with Crippen LogP contribution in [0.15, 0.2) is 55.1 Å². The third-order valence-corrected chi connectivity index (χ3v) is 4.44. The topological polar surface area (TPSA) is 80.0 Å². The molecule has 0 radical (unpaired) electrons. The molecule has 0 atom stereocenters. The Hall–Kier alpha value is -3.29. The summed E-state index contributed by atoms with van der Waals surface area (Å²) in [5.41, 5.74) is 1.05. The van der Waals surface area contributed by atoms with E-state index in [0.29, 0.717) is 25.3 Å². The fourth-order valence-corrected chi connectivity index (χ4v) is 3.00. The van der Waals surface area contributed by atoms with Gasteiger partial charge >= 0.3 is 0 Å². The van der Waals surface area contributed by atoms with E-state index in [1.54, 1.807) is 11.0 Å². The average molecular weight is 349 g/mol. The first-order valence-corrected chi connectivity index (χ1v) is 8.55. The van der Waals surface area contributed by atoms with Crippen LogP contribution in [0.2, 0.25) is 0 Å². The quantitative estimate of drug-likeness (QED) is 0.698. The van der Waals surface area contributed by atoms with Crippen LogP contribution in [0.3, 0.4) is 0 Å². The van der Waals surface area contributed by atoms with Gasteiger partial charge in [-0.05, 0) is 17.7 Å². The molecule has 0 bridgehead atoms. The Morgan fingerprint density at radius 3 is 2.31 bits per heavy atom. The standard InChI is InChI=1S/C18H19N7O/c26-18(12-15-4-2-1-3-5-15)24-10-8-23(9-11-24)16-6-7-17(22-21-16)25-14-19-13-20-25/h1-7,13-14H,8-12H2. The van der Waals surface area contributed by atoms with Crippen LogP contribution in [0, 0.1) is 0 Å². The van der Waals surface area contributed by atoms with E-state index in [0.717, 1.165) is 24.5 Å². The van der Waals surface area contributed by atoms with E-state index < -0.39 is 0 Å². The molecule has 8 nitrogen and oxygen atoms in total. The minimum Gasteiger partial charge on any atom is -0.352 e. The van der Waals surface area contributed by atoms with Crippen molar-refractivity contribution in [1.82, 2.24) is 29.9 Å². The molecule has 8 heteroatoms. The molecule has 4 rings (SSSR count). The third-order valence-electron chi connectivity index (χ3n) is 4.44. The smallest absolute Gasteiger partial charge is 0.227 e. The second-order valence-corrected chi connectivity index (χ2v) is 6.12. The van der Waals surface area contributed by atoms with Gasteiger partial charge in [-0.25, -0.2) is 9.67 Å². The Morgan fingerprint density at radius 2 is 1.65 bits per heavy atom. The minimum absolute atomic E-state index is 0.170. The summed E-state index contributed by atoms with van der Waals surface area (Å²) in [7, 11) is 0. The second-order valence-electron chi connectivity index (χ2n) is 6.12. The first-order valence-electron chi connectivity index (χ1n) is 8.55. The summed E-state index contributed by atoms with van der Waals surface area (Å²) >= 11 is 0. The fraction of sp³-hybridized carbons (Fsp3) is 0.278. The van der Waals surface area contributed by atoms with Gasteiger partial charge in [0.05, 0.1) is 6.42 Å². The van der Waals surface area contributed by atoms with E-state index in [-0.39, 0.29) is 5.91 Å². The molecule has 1 aliphatic rings. The molecule has 1 aromatic carbocycles. The van der Waals surface area contributed by atoms with Crippen molar-refractivity contribution in [3.63, 3.8) is 0 Å². The van der Waals surface area contributed by atoms with Crippen LogP contribution >= 0.6 is 0 Å². The first-order chi connectivity index (χ1) is 12.8. The van der Waals surface area contributed by atoms with Crippen LogP contribution in [-0.4, -0.2) is 61.9 Å². The van der Waals surface area contributed by atoms with Crippen molar-refractivity contribution < 1.29 is 4.79 Å². The largest absolute Gasteiger partial charge is 0.352 e. The number of anilines is 1. The molecule has 0 spiro atoms. The molecule has 0 saturated carbocycles. The van der Waals surface area contributed by atoms with Crippen LogP contribution in [0.25, 0.3) is 5.82 Å². The zero-order valence-corrected chi connectivity index (χ0v) is 14.3. The molecule has 3 aromatic rings. The van der Waals surface area contributed by atoms with Crippen molar-refractivity contribution in [2.45, 2.75) is 6.42 Å². The predicted molar refractivity (Wildman–Crippen MR) is 95.9 cm³/mol. The molecular weight excluding hydrogens is 330 g/mol. The Balaban J connectivity index is 1.34. The van der Waals surface area contributed by atoms with Crippen molar-refractivity contribution in [3.05, 3.63) is 60.7 Å². The minimum atomic E-state index is 0.170. The van der Waals surface area contributed by atoms with Crippen molar-refractivity contribution in [3.8, 4) is 5.82 Å². The van der Waals surface area contributed by atoms with E-state index in [4.69, 9.17) is 0 Å². The molecule has 2 aromatic heterocycles. The van der Waals surface area contributed by atoms with Crippen LogP contribution in [-0.2, 0) is 11.2 Å². The number of hydrogen-bond donors (Lipinski definition) is 0. The lowest BCUT2D eigenvalue weighted by Gasteiger charge is -2.35. The number of rotatable bonds is 4. The van der Waals surface area contributed by atoms with Crippen molar-refractivity contribution in [1.29, 1.82) is 0 Å². The molecule has 1 saturated heterocycles. The number of benzene rings is 1. The lowest BCUT2D eigenvalue weighted by Crippen LogP contribution is -2.49. The summed E-state index contributed by atoms with van der Waals surface area (Å²) in [5.74, 6) is 1.61. The van der Waals surface area contributed by atoms with Gasteiger partial charge in [0.25, 0.3) is 0 Å². The lowest BCUT2D eigenvalue weighted by molar-refractivity contribution is -0.130. The van der Waals surface area contributed by atoms with Gasteiger partial charge < -0.3 is 9.80 Å². The number of nitrogens with zero attached hydrogens (tertiary/aromatic N) is 7. The van der Waals surface area contributed by atoms with Crippen LogP contribution < -0.4 is 4.90 Å². The second kappa shape index (κ2) is 7.30. The van der Waals surface area contributed by atoms with Gasteiger partial charge in [-0.15, -0.1) is 10.2 Å². The molecule has 0 aliphatic carbocycles. The van der Waals surface area contributed by atoms with Crippen molar-refractivity contribution in [2.24, 2.45) is 0 Å². The Bertz CT molecular complexity index is 841. The highest BCUT2D eigenvalue weighted by atomic mass is 16.2. The van der Waals surface area contributed by atoms with Gasteiger partial charge in [-0.2, -0.15) is 5.10 Å². The lowest BCUT2D eigenvalue weighted by atomic mass is 10.1. The maximum absolute atomic E-state index is 12.5. The van der Waals surface area contributed by atoms with Gasteiger partial charge in [0.15, 0.2) is 11.6 Å². The summed E-state index contributed by atoms with van der Waals surface area (Å²) in [6, 6.07) is 13.6. The molecular formula is C18H19N7O. The number of aromatic nitrogens is 5. The van der Waals surface area contributed by atoms with Gasteiger partial charge in [-0.1, -0.05) is 30.3 Å². The zero-order valence-electron chi connectivity index (χ0n) is 14.3. The van der Waals surface area contributed by atoms with Gasteiger partial charge in [0.1, 0.15) is 12.7 Å². The predicted octanol–water partition coefficient (Wildman–Crippen LogP) is 0.949. The highest BCUT2D eigenvalue weighted by Gasteiger charge is 2.22. The van der Waals surface area contributed by atoms with Crippen LogP contribution in [0.4, 0.5) is 5.82 Å². The van der Waals surface area contributed by atoms with Crippen molar-refractivity contribution in [2.75, 3.05) is 31.1 Å². The normalized spacial score (nSPS) is 14.5. The highest BCUT2D eigenvalue weighted by Crippen LogP contribution is 2.14. The molecule has 1 fully saturated rings. The zero-order chi connectivity index (χ0) is 17.8. The number of carbonyl (C=O) groups excluding carboxylic acids is 1. The molecule has 3 heterocycles.